The minimum absolute atomic E-state index is 0.161. The van der Waals surface area contributed by atoms with Crippen LogP contribution in [0.5, 0.6) is 5.75 Å². The molecule has 0 saturated heterocycles. The van der Waals surface area contributed by atoms with Gasteiger partial charge in [-0.25, -0.2) is 4.79 Å². The molecule has 2 amide bonds. The molecule has 0 aromatic heterocycles. The molecule has 96 valence electrons. The van der Waals surface area contributed by atoms with Crippen molar-refractivity contribution in [1.82, 2.24) is 5.32 Å². The second-order valence-corrected chi connectivity index (χ2v) is 4.98. The molecule has 0 radical (unpaired) electrons. The van der Waals surface area contributed by atoms with Crippen LogP contribution in [0.3, 0.4) is 0 Å². The Morgan fingerprint density at radius 2 is 2.33 bits per heavy atom. The van der Waals surface area contributed by atoms with Gasteiger partial charge in [-0.2, -0.15) is 0 Å². The predicted molar refractivity (Wildman–Crippen MR) is 72.1 cm³/mol. The van der Waals surface area contributed by atoms with Crippen LogP contribution in [0, 0.1) is 0 Å². The molecule has 0 atom stereocenters. The van der Waals surface area contributed by atoms with E-state index in [9.17, 15) is 4.79 Å². The van der Waals surface area contributed by atoms with E-state index in [1.807, 2.05) is 18.2 Å². The average Bonchev–Trinajstić information content (AvgIpc) is 2.59. The normalized spacial score (nSPS) is 15.4. The van der Waals surface area contributed by atoms with Gasteiger partial charge in [0.15, 0.2) is 0 Å². The Labute approximate surface area is 107 Å². The molecule has 0 unspecified atom stereocenters. The molecule has 18 heavy (non-hydrogen) atoms. The van der Waals surface area contributed by atoms with E-state index in [0.717, 1.165) is 23.4 Å². The minimum Gasteiger partial charge on any atom is -0.487 e. The summed E-state index contributed by atoms with van der Waals surface area (Å²) in [6.45, 7) is 8.10. The zero-order chi connectivity index (χ0) is 13.2. The Hall–Kier alpha value is -1.97. The van der Waals surface area contributed by atoms with Crippen LogP contribution < -0.4 is 15.4 Å². The first-order chi connectivity index (χ1) is 8.50. The summed E-state index contributed by atoms with van der Waals surface area (Å²) in [4.78, 5) is 11.5. The van der Waals surface area contributed by atoms with Gasteiger partial charge in [0.05, 0.1) is 0 Å². The van der Waals surface area contributed by atoms with E-state index in [1.165, 1.54) is 0 Å². The minimum atomic E-state index is -0.229. The van der Waals surface area contributed by atoms with Crippen LogP contribution in [-0.2, 0) is 6.42 Å². The van der Waals surface area contributed by atoms with Crippen LogP contribution in [0.15, 0.2) is 30.9 Å². The van der Waals surface area contributed by atoms with Gasteiger partial charge in [-0.3, -0.25) is 0 Å². The van der Waals surface area contributed by atoms with Gasteiger partial charge in [-0.1, -0.05) is 6.08 Å². The van der Waals surface area contributed by atoms with Crippen LogP contribution >= 0.6 is 0 Å². The van der Waals surface area contributed by atoms with Crippen molar-refractivity contribution in [1.29, 1.82) is 0 Å². The number of benzene rings is 1. The highest BCUT2D eigenvalue weighted by Crippen LogP contribution is 2.36. The number of amides is 2. The maximum atomic E-state index is 11.5. The zero-order valence-corrected chi connectivity index (χ0v) is 10.7. The number of ether oxygens (including phenoxy) is 1. The third kappa shape index (κ3) is 2.83. The molecular weight excluding hydrogens is 228 g/mol. The number of anilines is 1. The number of nitrogens with one attached hydrogen (secondary N) is 2. The number of carbonyl (C=O) groups excluding carboxylic acids is 1. The molecule has 1 aliphatic heterocycles. The summed E-state index contributed by atoms with van der Waals surface area (Å²) in [5.74, 6) is 0.900. The molecule has 0 bridgehead atoms. The third-order valence-electron chi connectivity index (χ3n) is 2.73. The van der Waals surface area contributed by atoms with E-state index in [1.54, 1.807) is 6.08 Å². The predicted octanol–water partition coefficient (Wildman–Crippen LogP) is 2.71. The monoisotopic (exact) mass is 246 g/mol. The Morgan fingerprint density at radius 3 is 3.06 bits per heavy atom. The molecule has 0 saturated carbocycles. The van der Waals surface area contributed by atoms with E-state index < -0.39 is 0 Å². The number of carbonyl (C=O) groups is 1. The molecule has 0 spiro atoms. The highest BCUT2D eigenvalue weighted by Gasteiger charge is 2.29. The second kappa shape index (κ2) is 4.72. The highest BCUT2D eigenvalue weighted by atomic mass is 16.5. The lowest BCUT2D eigenvalue weighted by Crippen LogP contribution is -2.28. The molecule has 1 aliphatic rings. The first kappa shape index (κ1) is 12.5. The lowest BCUT2D eigenvalue weighted by molar-refractivity contribution is 0.138. The number of hydrogen-bond acceptors (Lipinski definition) is 2. The lowest BCUT2D eigenvalue weighted by atomic mass is 10.0. The van der Waals surface area contributed by atoms with E-state index in [0.29, 0.717) is 6.54 Å². The van der Waals surface area contributed by atoms with Crippen LogP contribution in [0.25, 0.3) is 0 Å². The van der Waals surface area contributed by atoms with Crippen LogP contribution in [0.4, 0.5) is 10.5 Å². The van der Waals surface area contributed by atoms with Gasteiger partial charge in [0.2, 0.25) is 0 Å². The average molecular weight is 246 g/mol. The first-order valence-corrected chi connectivity index (χ1v) is 5.98. The van der Waals surface area contributed by atoms with Crippen molar-refractivity contribution in [3.63, 3.8) is 0 Å². The maximum absolute atomic E-state index is 11.5. The summed E-state index contributed by atoms with van der Waals surface area (Å²) in [5, 5.41) is 5.45. The number of fused-ring (bicyclic) bond motifs is 1. The molecule has 1 heterocycles. The topological polar surface area (TPSA) is 50.4 Å². The van der Waals surface area contributed by atoms with Gasteiger partial charge in [0.25, 0.3) is 0 Å². The fourth-order valence-corrected chi connectivity index (χ4v) is 2.03. The van der Waals surface area contributed by atoms with E-state index in [4.69, 9.17) is 4.74 Å². The number of hydrogen-bond donors (Lipinski definition) is 2. The molecule has 2 rings (SSSR count). The van der Waals surface area contributed by atoms with Crippen molar-refractivity contribution in [3.05, 3.63) is 36.4 Å². The molecule has 4 nitrogen and oxygen atoms in total. The summed E-state index contributed by atoms with van der Waals surface area (Å²) >= 11 is 0. The van der Waals surface area contributed by atoms with E-state index in [-0.39, 0.29) is 11.6 Å². The van der Waals surface area contributed by atoms with Crippen molar-refractivity contribution in [2.75, 3.05) is 11.9 Å². The Balaban J connectivity index is 2.05. The summed E-state index contributed by atoms with van der Waals surface area (Å²) in [6.07, 6.45) is 2.49. The Bertz CT molecular complexity index is 481. The molecule has 1 aromatic rings. The lowest BCUT2D eigenvalue weighted by Gasteiger charge is -2.16. The molecule has 1 aromatic carbocycles. The quantitative estimate of drug-likeness (QED) is 0.806. The van der Waals surface area contributed by atoms with Crippen molar-refractivity contribution in [2.24, 2.45) is 0 Å². The fourth-order valence-electron chi connectivity index (χ4n) is 2.03. The van der Waals surface area contributed by atoms with Crippen molar-refractivity contribution in [2.45, 2.75) is 25.9 Å². The maximum Gasteiger partial charge on any atom is 0.319 e. The smallest absolute Gasteiger partial charge is 0.319 e. The summed E-state index contributed by atoms with van der Waals surface area (Å²) < 4.78 is 5.78. The first-order valence-electron chi connectivity index (χ1n) is 5.98. The van der Waals surface area contributed by atoms with Crippen molar-refractivity contribution < 1.29 is 9.53 Å². The van der Waals surface area contributed by atoms with Crippen LogP contribution in [-0.4, -0.2) is 18.2 Å². The van der Waals surface area contributed by atoms with Crippen molar-refractivity contribution >= 4 is 11.7 Å². The number of urea groups is 1. The van der Waals surface area contributed by atoms with Crippen LogP contribution in [0.1, 0.15) is 19.4 Å². The van der Waals surface area contributed by atoms with Crippen molar-refractivity contribution in [3.8, 4) is 5.75 Å². The zero-order valence-electron chi connectivity index (χ0n) is 10.7. The highest BCUT2D eigenvalue weighted by molar-refractivity contribution is 5.89. The molecule has 2 N–H and O–H groups in total. The fraction of sp³-hybridized carbons (Fsp3) is 0.357. The second-order valence-electron chi connectivity index (χ2n) is 4.98. The molecule has 0 aliphatic carbocycles. The van der Waals surface area contributed by atoms with Gasteiger partial charge in [-0.15, -0.1) is 6.58 Å². The summed E-state index contributed by atoms with van der Waals surface area (Å²) in [6, 6.07) is 5.46. The molecule has 4 heteroatoms. The van der Waals surface area contributed by atoms with Crippen LogP contribution in [0.2, 0.25) is 0 Å². The van der Waals surface area contributed by atoms with Gasteiger partial charge in [0, 0.05) is 24.2 Å². The molecule has 0 fully saturated rings. The van der Waals surface area contributed by atoms with E-state index in [2.05, 4.69) is 31.1 Å². The van der Waals surface area contributed by atoms with E-state index >= 15 is 0 Å². The number of rotatable bonds is 3. The summed E-state index contributed by atoms with van der Waals surface area (Å²) in [5.41, 5.74) is 1.74. The van der Waals surface area contributed by atoms with Gasteiger partial charge in [0.1, 0.15) is 11.4 Å². The SMILES string of the molecule is C=CCNC(=O)Nc1ccc2c(c1)CC(C)(C)O2. The Kier molecular flexibility index (Phi) is 3.28. The van der Waals surface area contributed by atoms with Gasteiger partial charge in [-0.05, 0) is 32.0 Å². The largest absolute Gasteiger partial charge is 0.487 e. The molecular formula is C14H18N2O2. The Morgan fingerprint density at radius 1 is 1.56 bits per heavy atom. The van der Waals surface area contributed by atoms with Gasteiger partial charge >= 0.3 is 6.03 Å². The van der Waals surface area contributed by atoms with Gasteiger partial charge < -0.3 is 15.4 Å². The standard InChI is InChI=1S/C14H18N2O2/c1-4-7-15-13(17)16-11-5-6-12-10(8-11)9-14(2,3)18-12/h4-6,8H,1,7,9H2,2-3H3,(H2,15,16,17). The third-order valence-corrected chi connectivity index (χ3v) is 2.73. The summed E-state index contributed by atoms with van der Waals surface area (Å²) in [7, 11) is 0.